The van der Waals surface area contributed by atoms with Gasteiger partial charge in [0, 0.05) is 5.92 Å². The second-order valence-corrected chi connectivity index (χ2v) is 4.66. The number of hydrogen-bond acceptors (Lipinski definition) is 2. The predicted molar refractivity (Wildman–Crippen MR) is 63.5 cm³/mol. The van der Waals surface area contributed by atoms with E-state index in [0.717, 1.165) is 18.8 Å². The Labute approximate surface area is 92.9 Å². The van der Waals surface area contributed by atoms with Crippen LogP contribution in [0, 0.1) is 11.8 Å². The normalized spacial score (nSPS) is 28.4. The monoisotopic (exact) mass is 209 g/mol. The highest BCUT2D eigenvalue weighted by Gasteiger charge is 2.27. The first-order valence-electron chi connectivity index (χ1n) is 6.09. The van der Waals surface area contributed by atoms with Crippen LogP contribution in [0.1, 0.15) is 45.4 Å². The Morgan fingerprint density at radius 2 is 2.07 bits per heavy atom. The quantitative estimate of drug-likeness (QED) is 0.707. The van der Waals surface area contributed by atoms with Gasteiger partial charge in [0.15, 0.2) is 5.78 Å². The fourth-order valence-corrected chi connectivity index (χ4v) is 2.45. The Morgan fingerprint density at radius 3 is 2.53 bits per heavy atom. The van der Waals surface area contributed by atoms with E-state index in [-0.39, 0.29) is 17.7 Å². The van der Waals surface area contributed by atoms with Crippen molar-refractivity contribution in [2.75, 3.05) is 0 Å². The summed E-state index contributed by atoms with van der Waals surface area (Å²) in [4.78, 5) is 11.9. The van der Waals surface area contributed by atoms with E-state index in [1.807, 2.05) is 0 Å². The van der Waals surface area contributed by atoms with Crippen molar-refractivity contribution in [1.29, 1.82) is 0 Å². The lowest BCUT2D eigenvalue weighted by atomic mass is 9.77. The number of carbonyl (C=O) groups excluding carboxylic acids is 1. The van der Waals surface area contributed by atoms with E-state index in [1.165, 1.54) is 19.3 Å². The number of nitrogens with two attached hydrogens (primary N) is 1. The molecule has 0 heterocycles. The van der Waals surface area contributed by atoms with Crippen LogP contribution in [0.2, 0.25) is 0 Å². The van der Waals surface area contributed by atoms with Crippen LogP contribution >= 0.6 is 0 Å². The Balaban J connectivity index is 2.38. The molecule has 0 amide bonds. The van der Waals surface area contributed by atoms with E-state index >= 15 is 0 Å². The molecule has 15 heavy (non-hydrogen) atoms. The zero-order valence-electron chi connectivity index (χ0n) is 9.74. The summed E-state index contributed by atoms with van der Waals surface area (Å²) in [6.07, 6.45) is 8.10. The Kier molecular flexibility index (Phi) is 5.03. The van der Waals surface area contributed by atoms with Crippen LogP contribution < -0.4 is 5.73 Å². The summed E-state index contributed by atoms with van der Waals surface area (Å²) in [6.45, 7) is 5.85. The predicted octanol–water partition coefficient (Wildman–Crippen LogP) is 2.68. The molecule has 1 aliphatic rings. The summed E-state index contributed by atoms with van der Waals surface area (Å²) in [5, 5.41) is 0. The molecule has 1 fully saturated rings. The van der Waals surface area contributed by atoms with E-state index in [1.54, 1.807) is 6.08 Å². The van der Waals surface area contributed by atoms with Crippen LogP contribution in [-0.2, 0) is 4.79 Å². The highest BCUT2D eigenvalue weighted by molar-refractivity contribution is 5.86. The van der Waals surface area contributed by atoms with Gasteiger partial charge in [-0.1, -0.05) is 19.4 Å². The minimum atomic E-state index is -0.314. The smallest absolute Gasteiger partial charge is 0.152 e. The van der Waals surface area contributed by atoms with Crippen LogP contribution in [-0.4, -0.2) is 11.8 Å². The molecule has 1 rings (SSSR count). The van der Waals surface area contributed by atoms with Crippen molar-refractivity contribution in [3.05, 3.63) is 12.7 Å². The van der Waals surface area contributed by atoms with Gasteiger partial charge in [-0.25, -0.2) is 0 Å². The fourth-order valence-electron chi connectivity index (χ4n) is 2.45. The van der Waals surface area contributed by atoms with Gasteiger partial charge < -0.3 is 5.73 Å². The molecule has 1 saturated carbocycles. The van der Waals surface area contributed by atoms with Gasteiger partial charge in [0.25, 0.3) is 0 Å². The molecule has 0 saturated heterocycles. The van der Waals surface area contributed by atoms with Gasteiger partial charge in [-0.2, -0.15) is 0 Å². The lowest BCUT2D eigenvalue weighted by Crippen LogP contribution is -2.36. The van der Waals surface area contributed by atoms with Crippen molar-refractivity contribution in [3.63, 3.8) is 0 Å². The lowest BCUT2D eigenvalue weighted by Gasteiger charge is -2.28. The number of carbonyl (C=O) groups is 1. The van der Waals surface area contributed by atoms with E-state index in [9.17, 15) is 4.79 Å². The van der Waals surface area contributed by atoms with Crippen molar-refractivity contribution in [1.82, 2.24) is 0 Å². The molecule has 0 aromatic rings. The third-order valence-electron chi connectivity index (χ3n) is 3.61. The number of rotatable bonds is 5. The van der Waals surface area contributed by atoms with Gasteiger partial charge in [0.2, 0.25) is 0 Å². The van der Waals surface area contributed by atoms with Crippen LogP contribution in [0.5, 0.6) is 0 Å². The first-order chi connectivity index (χ1) is 7.19. The molecule has 0 bridgehead atoms. The SMILES string of the molecule is C=CCC(N)C(=O)C1CCC(CC)CC1. The molecule has 0 aliphatic heterocycles. The lowest BCUT2D eigenvalue weighted by molar-refractivity contribution is -0.125. The Hall–Kier alpha value is -0.630. The van der Waals surface area contributed by atoms with Crippen molar-refractivity contribution in [2.45, 2.75) is 51.5 Å². The average molecular weight is 209 g/mol. The topological polar surface area (TPSA) is 43.1 Å². The maximum Gasteiger partial charge on any atom is 0.152 e. The van der Waals surface area contributed by atoms with E-state index in [4.69, 9.17) is 5.73 Å². The zero-order valence-corrected chi connectivity index (χ0v) is 9.74. The highest BCUT2D eigenvalue weighted by atomic mass is 16.1. The Morgan fingerprint density at radius 1 is 1.47 bits per heavy atom. The third-order valence-corrected chi connectivity index (χ3v) is 3.61. The minimum absolute atomic E-state index is 0.225. The number of hydrogen-bond donors (Lipinski definition) is 1. The van der Waals surface area contributed by atoms with Crippen LogP contribution in [0.3, 0.4) is 0 Å². The molecule has 1 atom stereocenters. The maximum atomic E-state index is 11.9. The summed E-state index contributed by atoms with van der Waals surface area (Å²) in [7, 11) is 0. The van der Waals surface area contributed by atoms with Gasteiger partial charge in [-0.15, -0.1) is 6.58 Å². The largest absolute Gasteiger partial charge is 0.321 e. The third kappa shape index (κ3) is 3.45. The molecule has 2 N–H and O–H groups in total. The number of Topliss-reactive ketones (excluding diaryl/α,β-unsaturated/α-hetero) is 1. The fraction of sp³-hybridized carbons (Fsp3) is 0.769. The molecule has 86 valence electrons. The first kappa shape index (κ1) is 12.4. The summed E-state index contributed by atoms with van der Waals surface area (Å²) < 4.78 is 0. The molecule has 1 unspecified atom stereocenters. The van der Waals surface area contributed by atoms with E-state index in [0.29, 0.717) is 6.42 Å². The van der Waals surface area contributed by atoms with E-state index in [2.05, 4.69) is 13.5 Å². The average Bonchev–Trinajstić information content (AvgIpc) is 2.28. The van der Waals surface area contributed by atoms with Gasteiger partial charge in [-0.05, 0) is 38.0 Å². The van der Waals surface area contributed by atoms with Crippen LogP contribution in [0.25, 0.3) is 0 Å². The van der Waals surface area contributed by atoms with Crippen molar-refractivity contribution < 1.29 is 4.79 Å². The van der Waals surface area contributed by atoms with Gasteiger partial charge in [0.1, 0.15) is 0 Å². The van der Waals surface area contributed by atoms with Gasteiger partial charge in [-0.3, -0.25) is 4.79 Å². The number of ketones is 1. The van der Waals surface area contributed by atoms with Crippen molar-refractivity contribution in [3.8, 4) is 0 Å². The molecule has 2 heteroatoms. The van der Waals surface area contributed by atoms with Crippen molar-refractivity contribution >= 4 is 5.78 Å². The second-order valence-electron chi connectivity index (χ2n) is 4.66. The second kappa shape index (κ2) is 6.06. The molecular weight excluding hydrogens is 186 g/mol. The first-order valence-corrected chi connectivity index (χ1v) is 6.09. The van der Waals surface area contributed by atoms with Gasteiger partial charge >= 0.3 is 0 Å². The minimum Gasteiger partial charge on any atom is -0.321 e. The van der Waals surface area contributed by atoms with Gasteiger partial charge in [0.05, 0.1) is 6.04 Å². The zero-order chi connectivity index (χ0) is 11.3. The molecular formula is C13H23NO. The maximum absolute atomic E-state index is 11.9. The standard InChI is InChI=1S/C13H23NO/c1-3-5-12(14)13(15)11-8-6-10(4-2)7-9-11/h3,10-12H,1,4-9,14H2,2H3. The molecule has 0 spiro atoms. The molecule has 0 aromatic carbocycles. The molecule has 1 aliphatic carbocycles. The Bertz CT molecular complexity index is 217. The summed E-state index contributed by atoms with van der Waals surface area (Å²) in [6, 6.07) is -0.314. The van der Waals surface area contributed by atoms with Crippen LogP contribution in [0.15, 0.2) is 12.7 Å². The van der Waals surface area contributed by atoms with E-state index < -0.39 is 0 Å². The molecule has 2 nitrogen and oxygen atoms in total. The molecule has 0 aromatic heterocycles. The summed E-state index contributed by atoms with van der Waals surface area (Å²) in [5.41, 5.74) is 5.80. The van der Waals surface area contributed by atoms with Crippen molar-refractivity contribution in [2.24, 2.45) is 17.6 Å². The highest BCUT2D eigenvalue weighted by Crippen LogP contribution is 2.31. The molecule has 0 radical (unpaired) electrons. The summed E-state index contributed by atoms with van der Waals surface area (Å²) in [5.74, 6) is 1.32. The summed E-state index contributed by atoms with van der Waals surface area (Å²) >= 11 is 0. The van der Waals surface area contributed by atoms with Crippen LogP contribution in [0.4, 0.5) is 0 Å².